The second-order valence-electron chi connectivity index (χ2n) is 7.69. The number of carbonyl (C=O) groups excluding carboxylic acids is 2. The van der Waals surface area contributed by atoms with Crippen LogP contribution >= 0.6 is 0 Å². The molecular weight excluding hydrogens is 288 g/mol. The minimum atomic E-state index is -0.344. The van der Waals surface area contributed by atoms with E-state index in [1.165, 1.54) is 5.56 Å². The van der Waals surface area contributed by atoms with Crippen molar-refractivity contribution in [2.75, 3.05) is 0 Å². The second-order valence-corrected chi connectivity index (χ2v) is 7.69. The third-order valence-corrected chi connectivity index (χ3v) is 4.68. The second kappa shape index (κ2) is 5.52. The first-order valence-electron chi connectivity index (χ1n) is 8.20. The zero-order valence-corrected chi connectivity index (χ0v) is 14.2. The van der Waals surface area contributed by atoms with Crippen molar-refractivity contribution in [1.29, 1.82) is 0 Å². The lowest BCUT2D eigenvalue weighted by Gasteiger charge is -2.38. The molecule has 1 aliphatic heterocycles. The zero-order chi connectivity index (χ0) is 16.8. The first-order chi connectivity index (χ1) is 10.8. The molecular formula is C19H24N2O2. The summed E-state index contributed by atoms with van der Waals surface area (Å²) in [6.45, 7) is 8.42. The smallest absolute Gasteiger partial charge is 0.319 e. The highest BCUT2D eigenvalue weighted by molar-refractivity contribution is 6.01. The van der Waals surface area contributed by atoms with E-state index in [4.69, 9.17) is 0 Å². The Kier molecular flexibility index (Phi) is 3.78. The lowest BCUT2D eigenvalue weighted by Crippen LogP contribution is -2.48. The van der Waals surface area contributed by atoms with Crippen LogP contribution in [0.5, 0.6) is 0 Å². The molecule has 1 heterocycles. The first-order valence-corrected chi connectivity index (χ1v) is 8.20. The molecule has 0 spiro atoms. The normalized spacial score (nSPS) is 23.4. The van der Waals surface area contributed by atoms with Crippen molar-refractivity contribution >= 4 is 11.8 Å². The van der Waals surface area contributed by atoms with Crippen LogP contribution < -0.4 is 10.6 Å². The van der Waals surface area contributed by atoms with Gasteiger partial charge in [0.25, 0.3) is 0 Å². The summed E-state index contributed by atoms with van der Waals surface area (Å²) < 4.78 is 0. The summed E-state index contributed by atoms with van der Waals surface area (Å²) in [4.78, 5) is 24.7. The van der Waals surface area contributed by atoms with Gasteiger partial charge in [-0.25, -0.2) is 4.79 Å². The van der Waals surface area contributed by atoms with Gasteiger partial charge in [0.05, 0.1) is 6.04 Å². The van der Waals surface area contributed by atoms with Gasteiger partial charge in [-0.1, -0.05) is 52.0 Å². The maximum atomic E-state index is 12.7. The van der Waals surface area contributed by atoms with E-state index in [0.717, 1.165) is 23.3 Å². The SMILES string of the molecule is CC(C)c1ccc(C2NC(=O)NC3=C2C(=O)CC(C)(C)C3)cc1. The van der Waals surface area contributed by atoms with Crippen molar-refractivity contribution in [3.63, 3.8) is 0 Å². The standard InChI is InChI=1S/C19H24N2O2/c1-11(2)12-5-7-13(8-6-12)17-16-14(20-18(23)21-17)9-19(3,4)10-15(16)22/h5-8,11,17H,9-10H2,1-4H3,(H2,20,21,23). The van der Waals surface area contributed by atoms with E-state index in [1.807, 2.05) is 12.1 Å². The fourth-order valence-corrected chi connectivity index (χ4v) is 3.48. The molecule has 1 atom stereocenters. The van der Waals surface area contributed by atoms with Gasteiger partial charge in [0, 0.05) is 17.7 Å². The Hall–Kier alpha value is -2.10. The Morgan fingerprint density at radius 1 is 1.09 bits per heavy atom. The molecule has 1 unspecified atom stereocenters. The largest absolute Gasteiger partial charge is 0.327 e. The van der Waals surface area contributed by atoms with Crippen LogP contribution in [0.4, 0.5) is 4.79 Å². The Balaban J connectivity index is 2.01. The zero-order valence-electron chi connectivity index (χ0n) is 14.2. The summed E-state index contributed by atoms with van der Waals surface area (Å²) in [6, 6.07) is 7.61. The molecule has 23 heavy (non-hydrogen) atoms. The number of Topliss-reactive ketones (excluding diaryl/α,β-unsaturated/α-hetero) is 1. The monoisotopic (exact) mass is 312 g/mol. The molecule has 1 aromatic rings. The summed E-state index contributed by atoms with van der Waals surface area (Å²) in [5.41, 5.74) is 3.62. The highest BCUT2D eigenvalue weighted by Crippen LogP contribution is 2.41. The highest BCUT2D eigenvalue weighted by atomic mass is 16.2. The van der Waals surface area contributed by atoms with E-state index < -0.39 is 0 Å². The summed E-state index contributed by atoms with van der Waals surface area (Å²) in [5.74, 6) is 0.584. The van der Waals surface area contributed by atoms with Crippen LogP contribution in [0.3, 0.4) is 0 Å². The topological polar surface area (TPSA) is 58.2 Å². The van der Waals surface area contributed by atoms with E-state index in [2.05, 4.69) is 50.5 Å². The molecule has 0 saturated heterocycles. The Morgan fingerprint density at radius 3 is 2.35 bits per heavy atom. The molecule has 122 valence electrons. The van der Waals surface area contributed by atoms with Crippen molar-refractivity contribution in [3.05, 3.63) is 46.7 Å². The van der Waals surface area contributed by atoms with Crippen LogP contribution in [0.15, 0.2) is 35.5 Å². The number of allylic oxidation sites excluding steroid dienone is 1. The average molecular weight is 312 g/mol. The minimum absolute atomic E-state index is 0.105. The predicted octanol–water partition coefficient (Wildman–Crippen LogP) is 3.81. The van der Waals surface area contributed by atoms with Gasteiger partial charge in [0.15, 0.2) is 5.78 Å². The van der Waals surface area contributed by atoms with Crippen LogP contribution in [0.25, 0.3) is 0 Å². The van der Waals surface area contributed by atoms with E-state index in [0.29, 0.717) is 12.3 Å². The predicted molar refractivity (Wildman–Crippen MR) is 90.0 cm³/mol. The van der Waals surface area contributed by atoms with E-state index in [-0.39, 0.29) is 23.3 Å². The van der Waals surface area contributed by atoms with Gasteiger partial charge in [-0.15, -0.1) is 0 Å². The quantitative estimate of drug-likeness (QED) is 0.872. The fraction of sp³-hybridized carbons (Fsp3) is 0.474. The number of hydrogen-bond donors (Lipinski definition) is 2. The van der Waals surface area contributed by atoms with E-state index in [9.17, 15) is 9.59 Å². The maximum Gasteiger partial charge on any atom is 0.319 e. The highest BCUT2D eigenvalue weighted by Gasteiger charge is 2.40. The van der Waals surface area contributed by atoms with Gasteiger partial charge in [-0.3, -0.25) is 4.79 Å². The summed E-state index contributed by atoms with van der Waals surface area (Å²) in [5, 5.41) is 5.75. The molecule has 0 aromatic heterocycles. The molecule has 0 fully saturated rings. The lowest BCUT2D eigenvalue weighted by molar-refractivity contribution is -0.118. The molecule has 0 saturated carbocycles. The molecule has 4 heteroatoms. The van der Waals surface area contributed by atoms with Crippen LogP contribution in [0, 0.1) is 5.41 Å². The molecule has 2 aliphatic rings. The summed E-state index contributed by atoms with van der Waals surface area (Å²) in [7, 11) is 0. The van der Waals surface area contributed by atoms with Crippen LogP contribution in [-0.4, -0.2) is 11.8 Å². The molecule has 3 rings (SSSR count). The summed E-state index contributed by atoms with van der Waals surface area (Å²) in [6.07, 6.45) is 1.24. The maximum absolute atomic E-state index is 12.7. The van der Waals surface area contributed by atoms with Crippen LogP contribution in [0.2, 0.25) is 0 Å². The van der Waals surface area contributed by atoms with Crippen molar-refractivity contribution in [2.24, 2.45) is 5.41 Å². The fourth-order valence-electron chi connectivity index (χ4n) is 3.48. The number of urea groups is 1. The van der Waals surface area contributed by atoms with Gasteiger partial charge in [0.1, 0.15) is 0 Å². The minimum Gasteiger partial charge on any atom is -0.327 e. The number of carbonyl (C=O) groups is 2. The molecule has 1 aliphatic carbocycles. The van der Waals surface area contributed by atoms with Gasteiger partial charge in [0.2, 0.25) is 0 Å². The third kappa shape index (κ3) is 3.03. The third-order valence-electron chi connectivity index (χ3n) is 4.68. The average Bonchev–Trinajstić information content (AvgIpc) is 2.44. The van der Waals surface area contributed by atoms with Crippen molar-refractivity contribution in [2.45, 2.75) is 52.5 Å². The van der Waals surface area contributed by atoms with Gasteiger partial charge >= 0.3 is 6.03 Å². The summed E-state index contributed by atoms with van der Waals surface area (Å²) >= 11 is 0. The molecule has 4 nitrogen and oxygen atoms in total. The Labute approximate surface area is 137 Å². The van der Waals surface area contributed by atoms with Crippen molar-refractivity contribution < 1.29 is 9.59 Å². The van der Waals surface area contributed by atoms with Crippen molar-refractivity contribution in [3.8, 4) is 0 Å². The van der Waals surface area contributed by atoms with Crippen LogP contribution in [0.1, 0.15) is 63.6 Å². The first kappa shape index (κ1) is 15.8. The molecule has 2 amide bonds. The molecule has 1 aromatic carbocycles. The number of ketones is 1. The number of nitrogens with one attached hydrogen (secondary N) is 2. The van der Waals surface area contributed by atoms with Gasteiger partial charge in [-0.2, -0.15) is 0 Å². The van der Waals surface area contributed by atoms with Crippen molar-refractivity contribution in [1.82, 2.24) is 10.6 Å². The van der Waals surface area contributed by atoms with Crippen LogP contribution in [-0.2, 0) is 4.79 Å². The number of amides is 2. The van der Waals surface area contributed by atoms with Gasteiger partial charge in [-0.05, 0) is 28.9 Å². The lowest BCUT2D eigenvalue weighted by atomic mass is 9.73. The molecule has 0 bridgehead atoms. The number of rotatable bonds is 2. The molecule has 2 N–H and O–H groups in total. The number of benzene rings is 1. The molecule has 0 radical (unpaired) electrons. The van der Waals surface area contributed by atoms with E-state index >= 15 is 0 Å². The van der Waals surface area contributed by atoms with E-state index in [1.54, 1.807) is 0 Å². The Morgan fingerprint density at radius 2 is 1.74 bits per heavy atom. The number of hydrogen-bond acceptors (Lipinski definition) is 2. The van der Waals surface area contributed by atoms with Gasteiger partial charge < -0.3 is 10.6 Å². The Bertz CT molecular complexity index is 684.